The van der Waals surface area contributed by atoms with Crippen LogP contribution in [-0.2, 0) is 9.59 Å². The molecule has 4 aromatic heterocycles. The van der Waals surface area contributed by atoms with E-state index >= 15 is 0 Å². The lowest BCUT2D eigenvalue weighted by Crippen LogP contribution is -2.55. The molecule has 8 heterocycles. The largest absolute Gasteiger partial charge is 0.385 e. The predicted octanol–water partition coefficient (Wildman–Crippen LogP) is 5.31. The van der Waals surface area contributed by atoms with Crippen molar-refractivity contribution in [3.63, 3.8) is 0 Å². The van der Waals surface area contributed by atoms with Gasteiger partial charge in [0.2, 0.25) is 16.9 Å². The normalized spacial score (nSPS) is 22.1. The topological polar surface area (TPSA) is 148 Å². The van der Waals surface area contributed by atoms with Crippen LogP contribution in [0.25, 0.3) is 27.5 Å². The van der Waals surface area contributed by atoms with Crippen LogP contribution in [-0.4, -0.2) is 92.9 Å². The van der Waals surface area contributed by atoms with Gasteiger partial charge in [-0.1, -0.05) is 23.5 Å². The first-order valence-electron chi connectivity index (χ1n) is 19.1. The van der Waals surface area contributed by atoms with Crippen molar-refractivity contribution in [3.05, 3.63) is 72.1 Å². The molecule has 276 valence electrons. The van der Waals surface area contributed by atoms with Crippen LogP contribution in [0.1, 0.15) is 62.5 Å². The number of hydrogen-bond acceptors (Lipinski definition) is 12. The Morgan fingerprint density at radius 3 is 2.48 bits per heavy atom. The number of pyridine rings is 1. The summed E-state index contributed by atoms with van der Waals surface area (Å²) in [6, 6.07) is 19.4. The van der Waals surface area contributed by atoms with Crippen molar-refractivity contribution >= 4 is 45.2 Å². The van der Waals surface area contributed by atoms with E-state index in [4.69, 9.17) is 10.1 Å². The van der Waals surface area contributed by atoms with Crippen molar-refractivity contribution in [2.24, 2.45) is 5.92 Å². The Morgan fingerprint density at radius 1 is 0.944 bits per heavy atom. The fraction of sp³-hybridized carbons (Fsp3) is 0.425. The number of hydrogen-bond donors (Lipinski definition) is 2. The van der Waals surface area contributed by atoms with E-state index in [0.29, 0.717) is 36.4 Å². The molecule has 13 nitrogen and oxygen atoms in total. The Morgan fingerprint density at radius 2 is 1.74 bits per heavy atom. The number of carbonyl (C=O) groups is 2. The molecule has 0 spiro atoms. The number of piperazine rings is 1. The summed E-state index contributed by atoms with van der Waals surface area (Å²) in [5.41, 5.74) is 7.10. The molecule has 3 atom stereocenters. The number of benzene rings is 1. The maximum absolute atomic E-state index is 12.3. The molecule has 4 aliphatic rings. The van der Waals surface area contributed by atoms with Crippen molar-refractivity contribution in [2.45, 2.75) is 63.5 Å². The molecule has 5 aromatic rings. The van der Waals surface area contributed by atoms with Crippen molar-refractivity contribution in [1.82, 2.24) is 35.0 Å². The zero-order chi connectivity index (χ0) is 36.8. The average molecular weight is 742 g/mol. The standard InChI is InChI=1S/C40H43N11O2S/c1-2-42-34-18-35(36-11-9-29-17-26(19-41)20-44-51(29)36)43-21-33(34)39-46-47-40(54-39)49-23-30-7-8-31(24-49)50(30)22-25-13-15-48(16-14-25)28-5-3-27(4-6-28)32-10-12-37(52)45-38(32)53/h3-6,9,11,17-18,20-21,25,30-32H,2,7-8,10,12-16,22-24H2,1H3,(H,42,43)(H,45,52,53)/t30?,31?,32-/m0/s1. The molecule has 1 aromatic carbocycles. The van der Waals surface area contributed by atoms with Gasteiger partial charge >= 0.3 is 0 Å². The summed E-state index contributed by atoms with van der Waals surface area (Å²) < 4.78 is 1.81. The summed E-state index contributed by atoms with van der Waals surface area (Å²) in [6.45, 7) is 8.02. The monoisotopic (exact) mass is 741 g/mol. The fourth-order valence-electron chi connectivity index (χ4n) is 8.85. The van der Waals surface area contributed by atoms with E-state index in [1.54, 1.807) is 17.5 Å². The molecule has 9 rings (SSSR count). The van der Waals surface area contributed by atoms with E-state index in [1.165, 1.54) is 31.4 Å². The SMILES string of the molecule is CCNc1cc(-c2ccc3cc(C#N)cnn23)ncc1-c1nnc(N2CC3CCC(C2)N3CC2CCN(c3ccc([C@@H]4CCC(=O)NC4=O)cc3)CC2)s1. The number of piperidine rings is 2. The molecule has 4 aliphatic heterocycles. The van der Waals surface area contributed by atoms with Gasteiger partial charge in [0.25, 0.3) is 0 Å². The Hall–Kier alpha value is -5.39. The lowest BCUT2D eigenvalue weighted by Gasteiger charge is -2.43. The van der Waals surface area contributed by atoms with E-state index in [0.717, 1.165) is 83.1 Å². The van der Waals surface area contributed by atoms with Crippen LogP contribution in [0.5, 0.6) is 0 Å². The van der Waals surface area contributed by atoms with Gasteiger partial charge in [-0.25, -0.2) is 4.52 Å². The predicted molar refractivity (Wildman–Crippen MR) is 208 cm³/mol. The highest BCUT2D eigenvalue weighted by Gasteiger charge is 2.42. The van der Waals surface area contributed by atoms with E-state index in [2.05, 4.69) is 72.8 Å². The molecule has 0 radical (unpaired) electrons. The van der Waals surface area contributed by atoms with E-state index in [9.17, 15) is 14.9 Å². The first-order chi connectivity index (χ1) is 26.4. The number of nitriles is 1. The highest BCUT2D eigenvalue weighted by Crippen LogP contribution is 2.39. The maximum atomic E-state index is 12.3. The Balaban J connectivity index is 0.819. The summed E-state index contributed by atoms with van der Waals surface area (Å²) in [7, 11) is 0. The van der Waals surface area contributed by atoms with Crippen molar-refractivity contribution in [3.8, 4) is 28.0 Å². The summed E-state index contributed by atoms with van der Waals surface area (Å²) in [5.74, 6) is 0.0877. The number of aromatic nitrogens is 5. The molecule has 4 fully saturated rings. The number of nitrogens with one attached hydrogen (secondary N) is 2. The molecular formula is C40H43N11O2S. The minimum absolute atomic E-state index is 0.174. The first-order valence-corrected chi connectivity index (χ1v) is 19.9. The van der Waals surface area contributed by atoms with Crippen molar-refractivity contribution in [1.29, 1.82) is 5.26 Å². The third kappa shape index (κ3) is 6.56. The van der Waals surface area contributed by atoms with E-state index in [1.807, 2.05) is 35.0 Å². The van der Waals surface area contributed by atoms with Gasteiger partial charge in [-0.05, 0) is 86.9 Å². The van der Waals surface area contributed by atoms with Gasteiger partial charge in [0.05, 0.1) is 40.1 Å². The summed E-state index contributed by atoms with van der Waals surface area (Å²) >= 11 is 1.64. The fourth-order valence-corrected chi connectivity index (χ4v) is 9.74. The van der Waals surface area contributed by atoms with Gasteiger partial charge in [-0.15, -0.1) is 10.2 Å². The van der Waals surface area contributed by atoms with Crippen molar-refractivity contribution in [2.75, 3.05) is 54.4 Å². The number of anilines is 3. The van der Waals surface area contributed by atoms with Crippen LogP contribution in [0, 0.1) is 17.2 Å². The summed E-state index contributed by atoms with van der Waals surface area (Å²) in [4.78, 5) is 36.4. The molecule has 0 aliphatic carbocycles. The number of fused-ring (bicyclic) bond motifs is 3. The Kier molecular flexibility index (Phi) is 9.20. The van der Waals surface area contributed by atoms with Crippen LogP contribution >= 0.6 is 11.3 Å². The maximum Gasteiger partial charge on any atom is 0.234 e. The van der Waals surface area contributed by atoms with Gasteiger partial charge in [-0.2, -0.15) is 10.4 Å². The minimum atomic E-state index is -0.240. The minimum Gasteiger partial charge on any atom is -0.385 e. The van der Waals surface area contributed by atoms with Crippen molar-refractivity contribution < 1.29 is 9.59 Å². The van der Waals surface area contributed by atoms with Crippen LogP contribution in [0.2, 0.25) is 0 Å². The summed E-state index contributed by atoms with van der Waals surface area (Å²) in [6.07, 6.45) is 9.23. The molecular weight excluding hydrogens is 699 g/mol. The lowest BCUT2D eigenvalue weighted by atomic mass is 9.90. The quantitative estimate of drug-likeness (QED) is 0.190. The number of imide groups is 1. The number of nitrogens with zero attached hydrogens (tertiary/aromatic N) is 9. The molecule has 14 heteroatoms. The molecule has 2 amide bonds. The summed E-state index contributed by atoms with van der Waals surface area (Å²) in [5, 5.41) is 30.9. The second-order valence-corrected chi connectivity index (χ2v) is 15.9. The lowest BCUT2D eigenvalue weighted by molar-refractivity contribution is -0.134. The number of carbonyl (C=O) groups excluding carboxylic acids is 2. The smallest absolute Gasteiger partial charge is 0.234 e. The van der Waals surface area contributed by atoms with Crippen LogP contribution < -0.4 is 20.4 Å². The molecule has 2 N–H and O–H groups in total. The Labute approximate surface area is 318 Å². The van der Waals surface area contributed by atoms with Gasteiger partial charge in [0.15, 0.2) is 5.01 Å². The van der Waals surface area contributed by atoms with Gasteiger partial charge in [-0.3, -0.25) is 24.8 Å². The number of rotatable bonds is 9. The van der Waals surface area contributed by atoms with Gasteiger partial charge in [0.1, 0.15) is 6.07 Å². The average Bonchev–Trinajstić information content (AvgIpc) is 3.91. The third-order valence-electron chi connectivity index (χ3n) is 11.7. The number of amides is 2. The van der Waals surface area contributed by atoms with E-state index in [-0.39, 0.29) is 17.7 Å². The zero-order valence-electron chi connectivity index (χ0n) is 30.3. The van der Waals surface area contributed by atoms with Crippen LogP contribution in [0.4, 0.5) is 16.5 Å². The zero-order valence-corrected chi connectivity index (χ0v) is 31.1. The van der Waals surface area contributed by atoms with E-state index < -0.39 is 0 Å². The second-order valence-electron chi connectivity index (χ2n) is 15.0. The molecule has 0 saturated carbocycles. The second kappa shape index (κ2) is 14.4. The molecule has 4 saturated heterocycles. The highest BCUT2D eigenvalue weighted by atomic mass is 32.1. The van der Waals surface area contributed by atoms with Crippen LogP contribution in [0.3, 0.4) is 0 Å². The molecule has 2 bridgehead atoms. The Bertz CT molecular complexity index is 2220. The highest BCUT2D eigenvalue weighted by molar-refractivity contribution is 7.18. The first kappa shape index (κ1) is 34.4. The molecule has 2 unspecified atom stereocenters. The van der Waals surface area contributed by atoms with Gasteiger partial charge in [0, 0.05) is 75.3 Å². The van der Waals surface area contributed by atoms with Crippen LogP contribution in [0.15, 0.2) is 60.9 Å². The third-order valence-corrected chi connectivity index (χ3v) is 12.7. The molecule has 54 heavy (non-hydrogen) atoms. The van der Waals surface area contributed by atoms with Gasteiger partial charge < -0.3 is 15.1 Å².